The molecule has 0 radical (unpaired) electrons. The van der Waals surface area contributed by atoms with Gasteiger partial charge in [0.25, 0.3) is 0 Å². The van der Waals surface area contributed by atoms with E-state index in [1.807, 2.05) is 19.2 Å². The Morgan fingerprint density at radius 3 is 2.94 bits per heavy atom. The Morgan fingerprint density at radius 2 is 2.19 bits per heavy atom. The van der Waals surface area contributed by atoms with Crippen LogP contribution in [0, 0.1) is 6.92 Å². The van der Waals surface area contributed by atoms with E-state index in [0.29, 0.717) is 0 Å². The third-order valence-corrected chi connectivity index (χ3v) is 3.99. The first-order valence-electron chi connectivity index (χ1n) is 5.20. The molecule has 1 aromatic heterocycles. The van der Waals surface area contributed by atoms with Crippen LogP contribution in [-0.4, -0.2) is 7.05 Å². The molecule has 0 aliphatic carbocycles. The minimum Gasteiger partial charge on any atom is -0.316 e. The van der Waals surface area contributed by atoms with Crippen molar-refractivity contribution in [3.63, 3.8) is 0 Å². The second-order valence-electron chi connectivity index (χ2n) is 3.76. The highest BCUT2D eigenvalue weighted by Crippen LogP contribution is 2.32. The van der Waals surface area contributed by atoms with E-state index in [-0.39, 0.29) is 0 Å². The zero-order valence-corrected chi connectivity index (χ0v) is 11.0. The van der Waals surface area contributed by atoms with Gasteiger partial charge >= 0.3 is 0 Å². The molecular formula is C13H14ClNS. The molecule has 0 saturated heterocycles. The molecule has 2 aromatic rings. The number of hydrogen-bond acceptors (Lipinski definition) is 2. The average molecular weight is 252 g/mol. The molecule has 84 valence electrons. The van der Waals surface area contributed by atoms with Crippen molar-refractivity contribution in [1.29, 1.82) is 0 Å². The zero-order valence-electron chi connectivity index (χ0n) is 9.38. The van der Waals surface area contributed by atoms with E-state index < -0.39 is 0 Å². The number of benzene rings is 1. The van der Waals surface area contributed by atoms with Gasteiger partial charge in [0.1, 0.15) is 0 Å². The molecule has 0 saturated carbocycles. The van der Waals surface area contributed by atoms with Crippen LogP contribution in [0.4, 0.5) is 0 Å². The molecule has 0 atom stereocenters. The van der Waals surface area contributed by atoms with Gasteiger partial charge in [-0.05, 0) is 48.2 Å². The molecule has 3 heteroatoms. The molecule has 1 N–H and O–H groups in total. The highest BCUT2D eigenvalue weighted by molar-refractivity contribution is 7.13. The van der Waals surface area contributed by atoms with Crippen molar-refractivity contribution in [2.24, 2.45) is 0 Å². The monoisotopic (exact) mass is 251 g/mol. The van der Waals surface area contributed by atoms with Gasteiger partial charge in [-0.15, -0.1) is 11.3 Å². The fourth-order valence-corrected chi connectivity index (χ4v) is 2.86. The summed E-state index contributed by atoms with van der Waals surface area (Å²) in [5.74, 6) is 0. The maximum absolute atomic E-state index is 6.12. The standard InChI is InChI=1S/C13H14ClNS/c1-9-11(4-3-5-12(9)14)13-6-10(7-15-2)8-16-13/h3-6,8,15H,7H2,1-2H3. The zero-order chi connectivity index (χ0) is 11.5. The summed E-state index contributed by atoms with van der Waals surface area (Å²) < 4.78 is 0. The molecule has 0 amide bonds. The Hall–Kier alpha value is -0.830. The molecule has 0 aliphatic rings. The Kier molecular flexibility index (Phi) is 3.64. The summed E-state index contributed by atoms with van der Waals surface area (Å²) in [6.45, 7) is 2.98. The highest BCUT2D eigenvalue weighted by Gasteiger charge is 2.07. The minimum atomic E-state index is 0.834. The van der Waals surface area contributed by atoms with Crippen LogP contribution in [0.1, 0.15) is 11.1 Å². The average Bonchev–Trinajstić information content (AvgIpc) is 2.71. The molecular weight excluding hydrogens is 238 g/mol. The molecule has 16 heavy (non-hydrogen) atoms. The third kappa shape index (κ3) is 2.29. The smallest absolute Gasteiger partial charge is 0.0441 e. The van der Waals surface area contributed by atoms with Gasteiger partial charge in [-0.3, -0.25) is 0 Å². The first kappa shape index (κ1) is 11.6. The van der Waals surface area contributed by atoms with Crippen molar-refractivity contribution in [2.75, 3.05) is 7.05 Å². The second-order valence-corrected chi connectivity index (χ2v) is 5.08. The number of hydrogen-bond donors (Lipinski definition) is 1. The van der Waals surface area contributed by atoms with Crippen LogP contribution in [0.25, 0.3) is 10.4 Å². The van der Waals surface area contributed by atoms with Crippen molar-refractivity contribution < 1.29 is 0 Å². The lowest BCUT2D eigenvalue weighted by molar-refractivity contribution is 0.821. The number of thiophene rings is 1. The van der Waals surface area contributed by atoms with E-state index >= 15 is 0 Å². The van der Waals surface area contributed by atoms with Crippen molar-refractivity contribution >= 4 is 22.9 Å². The summed E-state index contributed by atoms with van der Waals surface area (Å²) in [6.07, 6.45) is 0. The Labute approximate surface area is 105 Å². The van der Waals surface area contributed by atoms with Gasteiger partial charge in [-0.1, -0.05) is 23.7 Å². The molecule has 1 heterocycles. The summed E-state index contributed by atoms with van der Waals surface area (Å²) in [7, 11) is 1.96. The van der Waals surface area contributed by atoms with Crippen LogP contribution in [0.15, 0.2) is 29.6 Å². The van der Waals surface area contributed by atoms with Crippen molar-refractivity contribution in [2.45, 2.75) is 13.5 Å². The summed E-state index contributed by atoms with van der Waals surface area (Å²) in [5, 5.41) is 6.18. The SMILES string of the molecule is CNCc1csc(-c2cccc(Cl)c2C)c1. The van der Waals surface area contributed by atoms with Crippen molar-refractivity contribution in [1.82, 2.24) is 5.32 Å². The first-order valence-corrected chi connectivity index (χ1v) is 6.45. The van der Waals surface area contributed by atoms with Crippen LogP contribution >= 0.6 is 22.9 Å². The summed E-state index contributed by atoms with van der Waals surface area (Å²) >= 11 is 7.89. The van der Waals surface area contributed by atoms with Crippen molar-refractivity contribution in [3.8, 4) is 10.4 Å². The van der Waals surface area contributed by atoms with Crippen LogP contribution in [0.2, 0.25) is 5.02 Å². The van der Waals surface area contributed by atoms with Crippen LogP contribution < -0.4 is 5.32 Å². The van der Waals surface area contributed by atoms with Gasteiger partial charge < -0.3 is 5.32 Å². The van der Waals surface area contributed by atoms with Gasteiger partial charge in [0.2, 0.25) is 0 Å². The molecule has 0 bridgehead atoms. The normalized spacial score (nSPS) is 10.7. The van der Waals surface area contributed by atoms with E-state index in [0.717, 1.165) is 17.1 Å². The van der Waals surface area contributed by atoms with E-state index in [1.54, 1.807) is 11.3 Å². The fourth-order valence-electron chi connectivity index (χ4n) is 1.69. The number of nitrogens with one attached hydrogen (secondary N) is 1. The predicted molar refractivity (Wildman–Crippen MR) is 72.3 cm³/mol. The molecule has 0 spiro atoms. The van der Waals surface area contributed by atoms with E-state index in [4.69, 9.17) is 11.6 Å². The lowest BCUT2D eigenvalue weighted by Gasteiger charge is -2.04. The molecule has 2 rings (SSSR count). The van der Waals surface area contributed by atoms with Gasteiger partial charge in [0.15, 0.2) is 0 Å². The Bertz CT molecular complexity index is 490. The highest BCUT2D eigenvalue weighted by atomic mass is 35.5. The summed E-state index contributed by atoms with van der Waals surface area (Å²) in [4.78, 5) is 1.28. The molecule has 0 aliphatic heterocycles. The fraction of sp³-hybridized carbons (Fsp3) is 0.231. The first-order chi connectivity index (χ1) is 7.72. The summed E-state index contributed by atoms with van der Waals surface area (Å²) in [6, 6.07) is 8.28. The predicted octanol–water partition coefficient (Wildman–Crippen LogP) is 4.10. The molecule has 0 unspecified atom stereocenters. The van der Waals surface area contributed by atoms with Gasteiger partial charge in [0.05, 0.1) is 0 Å². The molecule has 1 nitrogen and oxygen atoms in total. The maximum Gasteiger partial charge on any atom is 0.0441 e. The quantitative estimate of drug-likeness (QED) is 0.866. The topological polar surface area (TPSA) is 12.0 Å². The number of rotatable bonds is 3. The van der Waals surface area contributed by atoms with Gasteiger partial charge in [-0.25, -0.2) is 0 Å². The third-order valence-electron chi connectivity index (χ3n) is 2.57. The number of halogens is 1. The second kappa shape index (κ2) is 5.00. The molecule has 0 fully saturated rings. The lowest BCUT2D eigenvalue weighted by atomic mass is 10.1. The van der Waals surface area contributed by atoms with Crippen LogP contribution in [0.3, 0.4) is 0 Å². The van der Waals surface area contributed by atoms with Crippen LogP contribution in [0.5, 0.6) is 0 Å². The largest absolute Gasteiger partial charge is 0.316 e. The van der Waals surface area contributed by atoms with Crippen LogP contribution in [-0.2, 0) is 6.54 Å². The van der Waals surface area contributed by atoms with E-state index in [2.05, 4.69) is 29.8 Å². The Morgan fingerprint density at radius 1 is 1.38 bits per heavy atom. The van der Waals surface area contributed by atoms with E-state index in [9.17, 15) is 0 Å². The van der Waals surface area contributed by atoms with E-state index in [1.165, 1.54) is 16.0 Å². The Balaban J connectivity index is 2.39. The molecule has 1 aromatic carbocycles. The summed E-state index contributed by atoms with van der Waals surface area (Å²) in [5.41, 5.74) is 3.71. The van der Waals surface area contributed by atoms with Gasteiger partial charge in [0, 0.05) is 16.4 Å². The van der Waals surface area contributed by atoms with Crippen molar-refractivity contribution in [3.05, 3.63) is 45.8 Å². The maximum atomic E-state index is 6.12. The van der Waals surface area contributed by atoms with Gasteiger partial charge in [-0.2, -0.15) is 0 Å². The lowest BCUT2D eigenvalue weighted by Crippen LogP contribution is -2.03. The minimum absolute atomic E-state index is 0.834.